The first kappa shape index (κ1) is 17.3. The molecule has 1 saturated carbocycles. The van der Waals surface area contributed by atoms with Gasteiger partial charge >= 0.3 is 12.0 Å². The van der Waals surface area contributed by atoms with Crippen LogP contribution in [-0.4, -0.2) is 31.8 Å². The first-order valence-electron chi connectivity index (χ1n) is 7.96. The SMILES string of the molecule is CCOCc1ccccc1NC(=O)NC1CCCC1C(=O)OC. The predicted octanol–water partition coefficient (Wildman–Crippen LogP) is 2.69. The fourth-order valence-corrected chi connectivity index (χ4v) is 2.87. The molecule has 2 rings (SSSR count). The second kappa shape index (κ2) is 8.53. The van der Waals surface area contributed by atoms with Gasteiger partial charge in [0.15, 0.2) is 0 Å². The molecule has 0 saturated heterocycles. The number of hydrogen-bond acceptors (Lipinski definition) is 4. The molecule has 23 heavy (non-hydrogen) atoms. The Morgan fingerprint density at radius 1 is 1.26 bits per heavy atom. The zero-order valence-corrected chi connectivity index (χ0v) is 13.6. The number of urea groups is 1. The van der Waals surface area contributed by atoms with E-state index in [1.807, 2.05) is 31.2 Å². The summed E-state index contributed by atoms with van der Waals surface area (Å²) in [5, 5.41) is 5.73. The number of methoxy groups -OCH3 is 1. The molecule has 2 unspecified atom stereocenters. The Bertz CT molecular complexity index is 547. The van der Waals surface area contributed by atoms with E-state index in [2.05, 4.69) is 10.6 Å². The van der Waals surface area contributed by atoms with Crippen LogP contribution in [0.2, 0.25) is 0 Å². The molecule has 0 spiro atoms. The molecule has 1 aliphatic carbocycles. The summed E-state index contributed by atoms with van der Waals surface area (Å²) in [7, 11) is 1.38. The van der Waals surface area contributed by atoms with E-state index in [-0.39, 0.29) is 24.0 Å². The molecule has 2 N–H and O–H groups in total. The van der Waals surface area contributed by atoms with Gasteiger partial charge in [-0.05, 0) is 25.8 Å². The van der Waals surface area contributed by atoms with Gasteiger partial charge in [0, 0.05) is 23.9 Å². The van der Waals surface area contributed by atoms with E-state index < -0.39 is 0 Å². The van der Waals surface area contributed by atoms with Crippen molar-refractivity contribution >= 4 is 17.7 Å². The molecule has 0 bridgehead atoms. The first-order chi connectivity index (χ1) is 11.2. The number of nitrogens with one attached hydrogen (secondary N) is 2. The summed E-state index contributed by atoms with van der Waals surface area (Å²) < 4.78 is 10.2. The average Bonchev–Trinajstić information content (AvgIpc) is 3.01. The number of amides is 2. The highest BCUT2D eigenvalue weighted by Crippen LogP contribution is 2.27. The molecular weight excluding hydrogens is 296 g/mol. The minimum atomic E-state index is -0.310. The molecule has 0 aromatic heterocycles. The van der Waals surface area contributed by atoms with Crippen molar-refractivity contribution in [2.24, 2.45) is 5.92 Å². The quantitative estimate of drug-likeness (QED) is 0.790. The standard InChI is InChI=1S/C17H24N2O4/c1-3-23-11-12-7-4-5-9-14(12)18-17(21)19-15-10-6-8-13(15)16(20)22-2/h4-5,7,9,13,15H,3,6,8,10-11H2,1-2H3,(H2,18,19,21). The Morgan fingerprint density at radius 3 is 2.78 bits per heavy atom. The molecular formula is C17H24N2O4. The van der Waals surface area contributed by atoms with Crippen molar-refractivity contribution < 1.29 is 19.1 Å². The van der Waals surface area contributed by atoms with E-state index in [1.54, 1.807) is 0 Å². The number of rotatable bonds is 6. The fourth-order valence-electron chi connectivity index (χ4n) is 2.87. The van der Waals surface area contributed by atoms with Crippen LogP contribution >= 0.6 is 0 Å². The van der Waals surface area contributed by atoms with Crippen LogP contribution in [0.25, 0.3) is 0 Å². The first-order valence-corrected chi connectivity index (χ1v) is 7.96. The van der Waals surface area contributed by atoms with E-state index >= 15 is 0 Å². The van der Waals surface area contributed by atoms with E-state index in [0.717, 1.165) is 24.8 Å². The van der Waals surface area contributed by atoms with Crippen LogP contribution in [0, 0.1) is 5.92 Å². The third-order valence-corrected chi connectivity index (χ3v) is 4.06. The lowest BCUT2D eigenvalue weighted by Crippen LogP contribution is -2.42. The lowest BCUT2D eigenvalue weighted by molar-refractivity contribution is -0.145. The Hall–Kier alpha value is -2.08. The minimum Gasteiger partial charge on any atom is -0.469 e. The summed E-state index contributed by atoms with van der Waals surface area (Å²) in [5.41, 5.74) is 1.63. The number of para-hydroxylation sites is 1. The highest BCUT2D eigenvalue weighted by atomic mass is 16.5. The molecule has 1 aromatic rings. The summed E-state index contributed by atoms with van der Waals surface area (Å²) in [6, 6.07) is 7.02. The molecule has 0 aliphatic heterocycles. The van der Waals surface area contributed by atoms with Crippen molar-refractivity contribution in [1.29, 1.82) is 0 Å². The normalized spacial score (nSPS) is 20.1. The number of ether oxygens (including phenoxy) is 2. The lowest BCUT2D eigenvalue weighted by Gasteiger charge is -2.20. The van der Waals surface area contributed by atoms with E-state index in [9.17, 15) is 9.59 Å². The minimum absolute atomic E-state index is 0.179. The number of esters is 1. The Kier molecular flexibility index (Phi) is 6.40. The second-order valence-electron chi connectivity index (χ2n) is 5.56. The van der Waals surface area contributed by atoms with E-state index in [4.69, 9.17) is 9.47 Å². The van der Waals surface area contributed by atoms with Crippen molar-refractivity contribution in [3.63, 3.8) is 0 Å². The number of hydrogen-bond donors (Lipinski definition) is 2. The number of anilines is 1. The van der Waals surface area contributed by atoms with Gasteiger partial charge in [-0.15, -0.1) is 0 Å². The van der Waals surface area contributed by atoms with Crippen molar-refractivity contribution in [3.05, 3.63) is 29.8 Å². The average molecular weight is 320 g/mol. The van der Waals surface area contributed by atoms with Crippen LogP contribution in [0.4, 0.5) is 10.5 Å². The van der Waals surface area contributed by atoms with Gasteiger partial charge in [-0.3, -0.25) is 4.79 Å². The molecule has 1 aromatic carbocycles. The van der Waals surface area contributed by atoms with Crippen molar-refractivity contribution in [2.45, 2.75) is 38.8 Å². The Morgan fingerprint density at radius 2 is 2.04 bits per heavy atom. The Balaban J connectivity index is 1.96. The van der Waals surface area contributed by atoms with Crippen LogP contribution in [0.5, 0.6) is 0 Å². The predicted molar refractivity (Wildman–Crippen MR) is 87.1 cm³/mol. The van der Waals surface area contributed by atoms with Gasteiger partial charge in [-0.25, -0.2) is 4.79 Å². The van der Waals surface area contributed by atoms with Gasteiger partial charge in [0.1, 0.15) is 0 Å². The van der Waals surface area contributed by atoms with E-state index in [1.165, 1.54) is 7.11 Å². The highest BCUT2D eigenvalue weighted by Gasteiger charge is 2.34. The van der Waals surface area contributed by atoms with Crippen LogP contribution in [0.15, 0.2) is 24.3 Å². The van der Waals surface area contributed by atoms with Crippen molar-refractivity contribution in [2.75, 3.05) is 19.0 Å². The number of carbonyl (C=O) groups is 2. The van der Waals surface area contributed by atoms with Gasteiger partial charge in [-0.2, -0.15) is 0 Å². The molecule has 126 valence electrons. The van der Waals surface area contributed by atoms with Crippen LogP contribution in [-0.2, 0) is 20.9 Å². The monoisotopic (exact) mass is 320 g/mol. The second-order valence-corrected chi connectivity index (χ2v) is 5.56. The smallest absolute Gasteiger partial charge is 0.319 e. The Labute approximate surface area is 136 Å². The summed E-state index contributed by atoms with van der Waals surface area (Å²) in [6.07, 6.45) is 2.44. The van der Waals surface area contributed by atoms with Gasteiger partial charge in [0.05, 0.1) is 19.6 Å². The maximum Gasteiger partial charge on any atom is 0.319 e. The largest absolute Gasteiger partial charge is 0.469 e. The molecule has 0 radical (unpaired) electrons. The zero-order valence-electron chi connectivity index (χ0n) is 13.6. The maximum absolute atomic E-state index is 12.2. The molecule has 2 amide bonds. The van der Waals surface area contributed by atoms with Gasteiger partial charge in [0.25, 0.3) is 0 Å². The topological polar surface area (TPSA) is 76.7 Å². The number of benzene rings is 1. The summed E-state index contributed by atoms with van der Waals surface area (Å²) in [4.78, 5) is 24.0. The fraction of sp³-hybridized carbons (Fsp3) is 0.529. The molecule has 1 fully saturated rings. The van der Waals surface area contributed by atoms with Crippen molar-refractivity contribution in [1.82, 2.24) is 5.32 Å². The van der Waals surface area contributed by atoms with Gasteiger partial charge in [0.2, 0.25) is 0 Å². The molecule has 6 nitrogen and oxygen atoms in total. The van der Waals surface area contributed by atoms with Crippen LogP contribution in [0.1, 0.15) is 31.7 Å². The lowest BCUT2D eigenvalue weighted by atomic mass is 10.0. The van der Waals surface area contributed by atoms with E-state index in [0.29, 0.717) is 18.9 Å². The molecule has 1 aliphatic rings. The third kappa shape index (κ3) is 4.69. The summed E-state index contributed by atoms with van der Waals surface area (Å²) >= 11 is 0. The summed E-state index contributed by atoms with van der Waals surface area (Å²) in [6.45, 7) is 2.99. The van der Waals surface area contributed by atoms with Gasteiger partial charge < -0.3 is 20.1 Å². The molecule has 2 atom stereocenters. The zero-order chi connectivity index (χ0) is 16.7. The highest BCUT2D eigenvalue weighted by molar-refractivity contribution is 5.90. The van der Waals surface area contributed by atoms with Crippen LogP contribution < -0.4 is 10.6 Å². The van der Waals surface area contributed by atoms with Crippen LogP contribution in [0.3, 0.4) is 0 Å². The third-order valence-electron chi connectivity index (χ3n) is 4.06. The molecule has 6 heteroatoms. The van der Waals surface area contributed by atoms with Gasteiger partial charge in [-0.1, -0.05) is 24.6 Å². The molecule has 0 heterocycles. The van der Waals surface area contributed by atoms with Crippen molar-refractivity contribution in [3.8, 4) is 0 Å². The number of carbonyl (C=O) groups excluding carboxylic acids is 2. The maximum atomic E-state index is 12.2. The summed E-state index contributed by atoms with van der Waals surface area (Å²) in [5.74, 6) is -0.519.